The van der Waals surface area contributed by atoms with Crippen molar-refractivity contribution in [3.63, 3.8) is 0 Å². The first-order valence-corrected chi connectivity index (χ1v) is 10.8. The van der Waals surface area contributed by atoms with E-state index in [4.69, 9.17) is 9.73 Å². The Kier molecular flexibility index (Phi) is 5.00. The number of fused-ring (bicyclic) bond motifs is 2. The number of methoxy groups -OCH3 is 1. The van der Waals surface area contributed by atoms with Crippen molar-refractivity contribution in [1.82, 2.24) is 10.3 Å². The van der Waals surface area contributed by atoms with Crippen LogP contribution >= 0.6 is 43.6 Å². The fourth-order valence-corrected chi connectivity index (χ4v) is 4.97. The molecule has 0 spiro atoms. The normalized spacial score (nSPS) is 18.1. The number of halogens is 2. The molecule has 0 fully saturated rings. The van der Waals surface area contributed by atoms with Gasteiger partial charge in [0.25, 0.3) is 5.91 Å². The number of nitrogens with zero attached hydrogens (tertiary/aromatic N) is 3. The molecule has 0 aromatic heterocycles. The van der Waals surface area contributed by atoms with Crippen molar-refractivity contribution in [3.05, 3.63) is 61.5 Å². The molecule has 1 N–H and O–H groups in total. The van der Waals surface area contributed by atoms with Crippen LogP contribution in [0.15, 0.2) is 55.4 Å². The van der Waals surface area contributed by atoms with Gasteiger partial charge in [0.15, 0.2) is 11.3 Å². The molecule has 27 heavy (non-hydrogen) atoms. The third kappa shape index (κ3) is 3.17. The lowest BCUT2D eigenvalue weighted by Gasteiger charge is -2.34. The molecular weight excluding hydrogens is 496 g/mol. The van der Waals surface area contributed by atoms with E-state index in [1.165, 1.54) is 11.8 Å². The van der Waals surface area contributed by atoms with Crippen LogP contribution in [0, 0.1) is 0 Å². The predicted octanol–water partition coefficient (Wildman–Crippen LogP) is 2.73. The number of thioether (sulfide) groups is 1. The molecule has 2 aromatic rings. The van der Waals surface area contributed by atoms with Crippen LogP contribution in [0.4, 0.5) is 0 Å². The number of rotatable bonds is 2. The molecular formula is C18H14Br2N4O2S. The molecule has 2 aliphatic rings. The Bertz CT molecular complexity index is 1080. The Morgan fingerprint density at radius 3 is 2.59 bits per heavy atom. The van der Waals surface area contributed by atoms with Gasteiger partial charge in [-0.2, -0.15) is 0 Å². The largest absolute Gasteiger partial charge is 0.494 e. The molecule has 0 radical (unpaired) electrons. The molecule has 1 atom stereocenters. The molecule has 9 heteroatoms. The van der Waals surface area contributed by atoms with E-state index in [1.807, 2.05) is 42.7 Å². The van der Waals surface area contributed by atoms with Crippen LogP contribution in [0.2, 0.25) is 0 Å². The van der Waals surface area contributed by atoms with Crippen molar-refractivity contribution >= 4 is 60.4 Å². The lowest BCUT2D eigenvalue weighted by Crippen LogP contribution is -2.50. The first kappa shape index (κ1) is 18.5. The van der Waals surface area contributed by atoms with Crippen LogP contribution in [0.1, 0.15) is 11.7 Å². The van der Waals surface area contributed by atoms with E-state index >= 15 is 0 Å². The zero-order chi connectivity index (χ0) is 19.1. The van der Waals surface area contributed by atoms with Gasteiger partial charge in [-0.1, -0.05) is 30.0 Å². The summed E-state index contributed by atoms with van der Waals surface area (Å²) in [5.74, 6) is 0.511. The van der Waals surface area contributed by atoms with Crippen LogP contribution in [0.25, 0.3) is 5.70 Å². The first-order chi connectivity index (χ1) is 13.0. The van der Waals surface area contributed by atoms with Gasteiger partial charge in [0, 0.05) is 10.8 Å². The minimum Gasteiger partial charge on any atom is -0.494 e. The van der Waals surface area contributed by atoms with E-state index in [2.05, 4.69) is 42.3 Å². The van der Waals surface area contributed by atoms with E-state index < -0.39 is 6.17 Å². The summed E-state index contributed by atoms with van der Waals surface area (Å²) in [6.45, 7) is 0. The quantitative estimate of drug-likeness (QED) is 0.676. The van der Waals surface area contributed by atoms with Gasteiger partial charge in [-0.05, 0) is 56.3 Å². The number of nitrogens with one attached hydrogen (secondary N) is 1. The van der Waals surface area contributed by atoms with Crippen molar-refractivity contribution in [2.45, 2.75) is 6.17 Å². The van der Waals surface area contributed by atoms with Gasteiger partial charge in [0.1, 0.15) is 11.4 Å². The number of hydrogen-bond donors (Lipinski definition) is 1. The molecule has 0 bridgehead atoms. The van der Waals surface area contributed by atoms with E-state index in [9.17, 15) is 4.79 Å². The minimum atomic E-state index is -0.471. The van der Waals surface area contributed by atoms with E-state index in [0.717, 1.165) is 25.1 Å². The zero-order valence-corrected chi connectivity index (χ0v) is 18.4. The maximum atomic E-state index is 12.8. The molecule has 1 amide bonds. The van der Waals surface area contributed by atoms with Gasteiger partial charge in [-0.25, -0.2) is 5.01 Å². The van der Waals surface area contributed by atoms with Gasteiger partial charge in [-0.3, -0.25) is 15.1 Å². The molecule has 2 heterocycles. The molecule has 2 aromatic carbocycles. The van der Waals surface area contributed by atoms with Crippen molar-refractivity contribution < 1.29 is 9.53 Å². The van der Waals surface area contributed by atoms with Crippen LogP contribution in [-0.4, -0.2) is 29.4 Å². The van der Waals surface area contributed by atoms with Crippen LogP contribution < -0.4 is 20.6 Å². The van der Waals surface area contributed by atoms with Gasteiger partial charge < -0.3 is 4.74 Å². The van der Waals surface area contributed by atoms with Crippen LogP contribution in [-0.2, 0) is 4.79 Å². The van der Waals surface area contributed by atoms with Gasteiger partial charge in [0.05, 0.1) is 21.4 Å². The van der Waals surface area contributed by atoms with E-state index in [1.54, 1.807) is 12.1 Å². The third-order valence-corrected chi connectivity index (χ3v) is 5.98. The monoisotopic (exact) mass is 508 g/mol. The Morgan fingerprint density at radius 2 is 1.93 bits per heavy atom. The Hall–Kier alpha value is -1.84. The number of amidine groups is 1. The van der Waals surface area contributed by atoms with E-state index in [0.29, 0.717) is 16.6 Å². The lowest BCUT2D eigenvalue weighted by molar-refractivity contribution is -0.116. The van der Waals surface area contributed by atoms with Crippen molar-refractivity contribution in [1.29, 1.82) is 0 Å². The van der Waals surface area contributed by atoms with Gasteiger partial charge in [-0.15, -0.1) is 5.10 Å². The van der Waals surface area contributed by atoms with Gasteiger partial charge >= 0.3 is 0 Å². The second kappa shape index (κ2) is 7.29. The summed E-state index contributed by atoms with van der Waals surface area (Å²) in [6.07, 6.45) is 1.40. The molecule has 0 saturated carbocycles. The SMILES string of the molecule is COc1c(Br)cc([C@H]2N=c3ccccc3=C3C(=O)NC(SC)=NN32)cc1Br. The maximum absolute atomic E-state index is 12.8. The summed E-state index contributed by atoms with van der Waals surface area (Å²) in [6, 6.07) is 11.5. The summed E-state index contributed by atoms with van der Waals surface area (Å²) in [5.41, 5.74) is 1.37. The molecule has 4 rings (SSSR count). The Morgan fingerprint density at radius 1 is 1.22 bits per heavy atom. The number of carbonyl (C=O) groups is 1. The summed E-state index contributed by atoms with van der Waals surface area (Å²) in [5, 5.41) is 11.2. The summed E-state index contributed by atoms with van der Waals surface area (Å²) in [7, 11) is 1.61. The average Bonchev–Trinajstić information content (AvgIpc) is 2.66. The average molecular weight is 510 g/mol. The number of carbonyl (C=O) groups excluding carboxylic acids is 1. The summed E-state index contributed by atoms with van der Waals surface area (Å²) in [4.78, 5) is 17.7. The smallest absolute Gasteiger partial charge is 0.276 e. The number of hydrazone groups is 1. The second-order valence-corrected chi connectivity index (χ2v) is 8.30. The van der Waals surface area contributed by atoms with Crippen molar-refractivity contribution in [2.75, 3.05) is 13.4 Å². The van der Waals surface area contributed by atoms with Crippen LogP contribution in [0.5, 0.6) is 5.75 Å². The standard InChI is InChI=1S/C18H14Br2N4O2S/c1-26-15-11(19)7-9(8-12(15)20)16-21-13-6-4-3-5-10(13)14-17(25)22-18(27-2)23-24(14)16/h3-8,16H,1-2H3,(H,22,23,25)/t16-/m0/s1. The number of ether oxygens (including phenoxy) is 1. The Balaban J connectivity index is 1.97. The minimum absolute atomic E-state index is 0.187. The molecule has 0 saturated heterocycles. The number of benzene rings is 2. The van der Waals surface area contributed by atoms with Crippen molar-refractivity contribution in [3.8, 4) is 5.75 Å². The zero-order valence-electron chi connectivity index (χ0n) is 14.4. The fraction of sp³-hybridized carbons (Fsp3) is 0.167. The van der Waals surface area contributed by atoms with Crippen LogP contribution in [0.3, 0.4) is 0 Å². The number of hydrogen-bond acceptors (Lipinski definition) is 6. The lowest BCUT2D eigenvalue weighted by atomic mass is 10.1. The summed E-state index contributed by atoms with van der Waals surface area (Å²) < 4.78 is 6.98. The molecule has 0 aliphatic carbocycles. The molecule has 138 valence electrons. The highest BCUT2D eigenvalue weighted by Gasteiger charge is 2.34. The first-order valence-electron chi connectivity index (χ1n) is 7.96. The predicted molar refractivity (Wildman–Crippen MR) is 113 cm³/mol. The highest BCUT2D eigenvalue weighted by molar-refractivity contribution is 9.11. The maximum Gasteiger partial charge on any atom is 0.276 e. The Labute approximate surface area is 176 Å². The van der Waals surface area contributed by atoms with E-state index in [-0.39, 0.29) is 5.91 Å². The topological polar surface area (TPSA) is 66.3 Å². The number of amides is 1. The van der Waals surface area contributed by atoms with Crippen molar-refractivity contribution in [2.24, 2.45) is 10.1 Å². The molecule has 6 nitrogen and oxygen atoms in total. The highest BCUT2D eigenvalue weighted by atomic mass is 79.9. The summed E-state index contributed by atoms with van der Waals surface area (Å²) >= 11 is 8.46. The van der Waals surface area contributed by atoms with Gasteiger partial charge in [0.2, 0.25) is 0 Å². The molecule has 0 unspecified atom stereocenters. The third-order valence-electron chi connectivity index (χ3n) is 4.23. The second-order valence-electron chi connectivity index (χ2n) is 5.79. The number of para-hydroxylation sites is 1. The molecule has 2 aliphatic heterocycles. The highest BCUT2D eigenvalue weighted by Crippen LogP contribution is 2.39. The fourth-order valence-electron chi connectivity index (χ4n) is 3.06.